The molecule has 0 bridgehead atoms. The zero-order valence-electron chi connectivity index (χ0n) is 24.6. The minimum atomic E-state index is -2.73. The Morgan fingerprint density at radius 1 is 0.771 bits per heavy atom. The third-order valence-corrected chi connectivity index (χ3v) is 26.7. The smallest absolute Gasteiger partial charge is 0.343 e. The van der Waals surface area contributed by atoms with Gasteiger partial charge in [0.05, 0.1) is 0 Å². The molecule has 0 aliphatic heterocycles. The monoisotopic (exact) mass is 570 g/mol. The molecule has 0 N–H and O–H groups in total. The van der Waals surface area contributed by atoms with Crippen molar-refractivity contribution in [2.45, 2.75) is 116 Å². The van der Waals surface area contributed by atoms with Crippen LogP contribution in [0, 0.1) is 0 Å². The zero-order chi connectivity index (χ0) is 27.0. The summed E-state index contributed by atoms with van der Waals surface area (Å²) < 4.78 is 27.8. The molecule has 202 valence electrons. The van der Waals surface area contributed by atoms with Gasteiger partial charge in [0.2, 0.25) is 0 Å². The van der Waals surface area contributed by atoms with E-state index in [0.717, 1.165) is 24.6 Å². The summed E-state index contributed by atoms with van der Waals surface area (Å²) in [6.07, 6.45) is 3.54. The van der Waals surface area contributed by atoms with Gasteiger partial charge in [-0.2, -0.15) is 0 Å². The van der Waals surface area contributed by atoms with Gasteiger partial charge in [0.25, 0.3) is 0 Å². The van der Waals surface area contributed by atoms with E-state index in [0.29, 0.717) is 5.92 Å². The first-order valence-electron chi connectivity index (χ1n) is 13.5. The quantitative estimate of drug-likeness (QED) is 0.175. The molecule has 9 heteroatoms. The maximum Gasteiger partial charge on any atom is 0.343 e. The van der Waals surface area contributed by atoms with Gasteiger partial charge in [0.1, 0.15) is 0 Å². The molecule has 1 aromatic rings. The van der Waals surface area contributed by atoms with Gasteiger partial charge in [-0.1, -0.05) is 76.1 Å². The summed E-state index contributed by atoms with van der Waals surface area (Å²) in [6.45, 7) is 29.0. The Morgan fingerprint density at radius 3 is 1.86 bits per heavy atom. The lowest BCUT2D eigenvalue weighted by Gasteiger charge is -2.44. The van der Waals surface area contributed by atoms with Crippen molar-refractivity contribution < 1.29 is 16.5 Å². The molecule has 0 aromatic heterocycles. The third-order valence-electron chi connectivity index (χ3n) is 6.28. The summed E-state index contributed by atoms with van der Waals surface area (Å²) in [5.41, 5.74) is 3.28. The van der Waals surface area contributed by atoms with Crippen molar-refractivity contribution in [3.05, 3.63) is 48.2 Å². The van der Waals surface area contributed by atoms with E-state index in [1.54, 1.807) is 0 Å². The second-order valence-corrected chi connectivity index (χ2v) is 31.3. The van der Waals surface area contributed by atoms with Gasteiger partial charge in [-0.05, 0) is 82.0 Å². The highest BCUT2D eigenvalue weighted by molar-refractivity contribution is 6.92. The Labute approximate surface area is 222 Å². The van der Waals surface area contributed by atoms with Gasteiger partial charge in [0, 0.05) is 0 Å². The van der Waals surface area contributed by atoms with Crippen molar-refractivity contribution in [3.63, 3.8) is 0 Å². The lowest BCUT2D eigenvalue weighted by Crippen LogP contribution is -2.60. The average Bonchev–Trinajstić information content (AvgIpc) is 2.70. The number of hydrogen-bond donors (Lipinski definition) is 0. The fraction of sp³-hybridized carbons (Fsp3) is 0.692. The fourth-order valence-corrected chi connectivity index (χ4v) is 30.0. The molecule has 0 spiro atoms. The van der Waals surface area contributed by atoms with Crippen molar-refractivity contribution in [3.8, 4) is 0 Å². The van der Waals surface area contributed by atoms with E-state index >= 15 is 0 Å². The first-order valence-corrected chi connectivity index (χ1v) is 27.5. The molecular formula is C26H54O4Si5. The molecule has 3 unspecified atom stereocenters. The SMILES string of the molecule is C=C[Si](C)(O[Si](C)(C)O[Si](C)(C)CCCC)O[Si](C)(CC(C)c1ccccc1)O[Si](C)(C)CCC. The molecule has 0 saturated heterocycles. The summed E-state index contributed by atoms with van der Waals surface area (Å²) in [5, 5.41) is 0. The Morgan fingerprint density at radius 2 is 1.34 bits per heavy atom. The molecule has 0 aliphatic carbocycles. The van der Waals surface area contributed by atoms with Crippen LogP contribution in [0.3, 0.4) is 0 Å². The van der Waals surface area contributed by atoms with Gasteiger partial charge >= 0.3 is 25.7 Å². The van der Waals surface area contributed by atoms with Gasteiger partial charge in [-0.25, -0.2) is 0 Å². The van der Waals surface area contributed by atoms with Crippen LogP contribution in [0.25, 0.3) is 0 Å². The lowest BCUT2D eigenvalue weighted by atomic mass is 10.0. The van der Waals surface area contributed by atoms with E-state index < -0.39 is 42.3 Å². The van der Waals surface area contributed by atoms with E-state index in [2.05, 4.69) is 110 Å². The van der Waals surface area contributed by atoms with E-state index in [1.807, 2.05) is 5.70 Å². The molecule has 35 heavy (non-hydrogen) atoms. The second-order valence-electron chi connectivity index (χ2n) is 12.1. The summed E-state index contributed by atoms with van der Waals surface area (Å²) in [7, 11) is -11.4. The van der Waals surface area contributed by atoms with E-state index in [9.17, 15) is 0 Å². The maximum absolute atomic E-state index is 7.10. The summed E-state index contributed by atoms with van der Waals surface area (Å²) in [5.74, 6) is 0.351. The Balaban J connectivity index is 3.19. The highest BCUT2D eigenvalue weighted by Gasteiger charge is 2.49. The lowest BCUT2D eigenvalue weighted by molar-refractivity contribution is 0.296. The largest absolute Gasteiger partial charge is 0.436 e. The summed E-state index contributed by atoms with van der Waals surface area (Å²) in [4.78, 5) is 0. The molecule has 0 aliphatic rings. The maximum atomic E-state index is 7.10. The molecule has 0 fully saturated rings. The van der Waals surface area contributed by atoms with Crippen LogP contribution in [-0.2, 0) is 16.5 Å². The van der Waals surface area contributed by atoms with Crippen LogP contribution < -0.4 is 0 Å². The molecule has 3 atom stereocenters. The third kappa shape index (κ3) is 12.3. The Bertz CT molecular complexity index is 774. The topological polar surface area (TPSA) is 36.9 Å². The van der Waals surface area contributed by atoms with Crippen LogP contribution in [0.2, 0.25) is 70.5 Å². The van der Waals surface area contributed by atoms with Gasteiger partial charge in [-0.3, -0.25) is 0 Å². The van der Waals surface area contributed by atoms with Crippen LogP contribution in [-0.4, -0.2) is 42.3 Å². The van der Waals surface area contributed by atoms with Crippen molar-refractivity contribution in [2.75, 3.05) is 0 Å². The minimum absolute atomic E-state index is 0.351. The molecule has 0 radical (unpaired) electrons. The van der Waals surface area contributed by atoms with Crippen molar-refractivity contribution in [1.29, 1.82) is 0 Å². The molecule has 1 aromatic carbocycles. The minimum Gasteiger partial charge on any atom is -0.436 e. The summed E-state index contributed by atoms with van der Waals surface area (Å²) >= 11 is 0. The summed E-state index contributed by atoms with van der Waals surface area (Å²) in [6, 6.07) is 13.9. The van der Waals surface area contributed by atoms with Crippen LogP contribution in [0.1, 0.15) is 51.5 Å². The number of hydrogen-bond acceptors (Lipinski definition) is 4. The molecule has 0 heterocycles. The van der Waals surface area contributed by atoms with Crippen LogP contribution in [0.4, 0.5) is 0 Å². The molecule has 4 nitrogen and oxygen atoms in total. The highest BCUT2D eigenvalue weighted by atomic mass is 28.5. The highest BCUT2D eigenvalue weighted by Crippen LogP contribution is 2.35. The number of unbranched alkanes of at least 4 members (excludes halogenated alkanes) is 1. The van der Waals surface area contributed by atoms with Gasteiger partial charge in [-0.15, -0.1) is 6.58 Å². The molecule has 0 amide bonds. The van der Waals surface area contributed by atoms with Crippen LogP contribution >= 0.6 is 0 Å². The fourth-order valence-electron chi connectivity index (χ4n) is 5.16. The van der Waals surface area contributed by atoms with Crippen LogP contribution in [0.15, 0.2) is 42.6 Å². The number of benzene rings is 1. The van der Waals surface area contributed by atoms with Crippen LogP contribution in [0.5, 0.6) is 0 Å². The van der Waals surface area contributed by atoms with Crippen molar-refractivity contribution in [1.82, 2.24) is 0 Å². The zero-order valence-corrected chi connectivity index (χ0v) is 29.6. The second kappa shape index (κ2) is 13.6. The standard InChI is InChI=1S/C26H54O4Si5/c1-13-16-23-32(7,8)27-33(9,10)29-34(11,15-3)30-35(12,28-31(5,6)22-14-2)24-25(4)26-20-18-17-19-21-26/h15,17-21,25H,3,13-14,16,22-24H2,1-2,4-12H3. The predicted octanol–water partition coefficient (Wildman–Crippen LogP) is 9.05. The first kappa shape index (κ1) is 32.9. The molecule has 1 rings (SSSR count). The average molecular weight is 571 g/mol. The van der Waals surface area contributed by atoms with E-state index in [-0.39, 0.29) is 0 Å². The molecule has 0 saturated carbocycles. The van der Waals surface area contributed by atoms with Gasteiger partial charge < -0.3 is 16.5 Å². The van der Waals surface area contributed by atoms with Gasteiger partial charge in [0.15, 0.2) is 16.6 Å². The number of rotatable bonds is 17. The molecular weight excluding hydrogens is 517 g/mol. The van der Waals surface area contributed by atoms with Crippen molar-refractivity contribution in [2.24, 2.45) is 0 Å². The van der Waals surface area contributed by atoms with E-state index in [4.69, 9.17) is 16.5 Å². The normalized spacial score (nSPS) is 17.5. The van der Waals surface area contributed by atoms with Crippen molar-refractivity contribution >= 4 is 42.3 Å². The Hall–Kier alpha value is -0.116. The van der Waals surface area contributed by atoms with E-state index in [1.165, 1.54) is 18.4 Å². The Kier molecular flexibility index (Phi) is 12.8. The first-order chi connectivity index (χ1) is 16.0. The predicted molar refractivity (Wildman–Crippen MR) is 165 cm³/mol.